The summed E-state index contributed by atoms with van der Waals surface area (Å²) in [4.78, 5) is 72.7. The van der Waals surface area contributed by atoms with Crippen molar-refractivity contribution in [1.82, 2.24) is 0 Å². The van der Waals surface area contributed by atoms with Gasteiger partial charge in [0.05, 0.1) is 26.4 Å². The van der Waals surface area contributed by atoms with Crippen LogP contribution < -0.4 is 0 Å². The summed E-state index contributed by atoms with van der Waals surface area (Å²) in [7, 11) is -9.93. The van der Waals surface area contributed by atoms with Crippen LogP contribution in [0.4, 0.5) is 0 Å². The minimum absolute atomic E-state index is 0.0940. The van der Waals surface area contributed by atoms with E-state index in [1.54, 1.807) is 0 Å². The van der Waals surface area contributed by atoms with E-state index in [1.807, 2.05) is 0 Å². The molecule has 0 saturated heterocycles. The van der Waals surface area contributed by atoms with Crippen molar-refractivity contribution < 1.29 is 80.2 Å². The molecular formula is C77H140O17P2. The van der Waals surface area contributed by atoms with Gasteiger partial charge in [-0.05, 0) is 70.6 Å². The lowest BCUT2D eigenvalue weighted by molar-refractivity contribution is -0.161. The smallest absolute Gasteiger partial charge is 0.462 e. The number of aliphatic hydroxyl groups excluding tert-OH is 1. The van der Waals surface area contributed by atoms with Crippen LogP contribution >= 0.6 is 15.6 Å². The Hall–Kier alpha value is -3.24. The molecule has 0 aromatic carbocycles. The second-order valence-electron chi connectivity index (χ2n) is 25.9. The molecule has 0 saturated carbocycles. The molecule has 17 nitrogen and oxygen atoms in total. The van der Waals surface area contributed by atoms with Crippen LogP contribution in [0.3, 0.4) is 0 Å². The Morgan fingerprint density at radius 2 is 0.542 bits per heavy atom. The minimum atomic E-state index is -4.97. The Balaban J connectivity index is 5.31. The van der Waals surface area contributed by atoms with E-state index in [4.69, 9.17) is 37.0 Å². The number of rotatable bonds is 73. The van der Waals surface area contributed by atoms with Crippen molar-refractivity contribution in [2.75, 3.05) is 39.6 Å². The van der Waals surface area contributed by atoms with Crippen molar-refractivity contribution in [1.29, 1.82) is 0 Å². The van der Waals surface area contributed by atoms with Crippen LogP contribution in [0.5, 0.6) is 0 Å². The molecule has 0 aliphatic rings. The highest BCUT2D eigenvalue weighted by Gasteiger charge is 2.30. The van der Waals surface area contributed by atoms with Gasteiger partial charge in [0.2, 0.25) is 0 Å². The molecule has 0 fully saturated rings. The number of carbonyl (C=O) groups is 4. The van der Waals surface area contributed by atoms with Crippen molar-refractivity contribution in [2.24, 2.45) is 0 Å². The fourth-order valence-electron chi connectivity index (χ4n) is 10.7. The first-order valence-electron chi connectivity index (χ1n) is 38.5. The quantitative estimate of drug-likeness (QED) is 0.0169. The van der Waals surface area contributed by atoms with Gasteiger partial charge in [-0.15, -0.1) is 0 Å². The van der Waals surface area contributed by atoms with E-state index in [0.29, 0.717) is 25.7 Å². The first-order valence-corrected chi connectivity index (χ1v) is 41.5. The Morgan fingerprint density at radius 3 is 0.833 bits per heavy atom. The minimum Gasteiger partial charge on any atom is -0.462 e. The summed E-state index contributed by atoms with van der Waals surface area (Å²) in [6, 6.07) is 0. The van der Waals surface area contributed by atoms with Gasteiger partial charge in [0.1, 0.15) is 19.3 Å². The van der Waals surface area contributed by atoms with E-state index in [9.17, 15) is 43.2 Å². The zero-order valence-electron chi connectivity index (χ0n) is 61.1. The molecule has 0 aromatic rings. The van der Waals surface area contributed by atoms with E-state index >= 15 is 0 Å². The van der Waals surface area contributed by atoms with Crippen LogP contribution in [0.1, 0.15) is 349 Å². The van der Waals surface area contributed by atoms with Gasteiger partial charge in [0.15, 0.2) is 12.2 Å². The summed E-state index contributed by atoms with van der Waals surface area (Å²) >= 11 is 0. The van der Waals surface area contributed by atoms with Crippen molar-refractivity contribution in [3.8, 4) is 0 Å². The maximum Gasteiger partial charge on any atom is 0.472 e. The number of hydrogen-bond donors (Lipinski definition) is 3. The van der Waals surface area contributed by atoms with Crippen molar-refractivity contribution >= 4 is 39.5 Å². The molecule has 0 rings (SSSR count). The first kappa shape index (κ1) is 92.8. The van der Waals surface area contributed by atoms with Crippen LogP contribution in [-0.4, -0.2) is 96.7 Å². The van der Waals surface area contributed by atoms with E-state index in [-0.39, 0.29) is 25.7 Å². The molecule has 5 atom stereocenters. The highest BCUT2D eigenvalue weighted by Crippen LogP contribution is 2.45. The van der Waals surface area contributed by atoms with Gasteiger partial charge in [0.25, 0.3) is 0 Å². The Morgan fingerprint density at radius 1 is 0.302 bits per heavy atom. The molecule has 0 radical (unpaired) electrons. The topological polar surface area (TPSA) is 237 Å². The summed E-state index contributed by atoms with van der Waals surface area (Å²) in [6.45, 7) is 4.77. The third-order valence-corrected chi connectivity index (χ3v) is 18.4. The van der Waals surface area contributed by atoms with Crippen LogP contribution in [0.2, 0.25) is 0 Å². The van der Waals surface area contributed by atoms with E-state index in [1.165, 1.54) is 148 Å². The van der Waals surface area contributed by atoms with Crippen molar-refractivity contribution in [3.05, 3.63) is 60.8 Å². The lowest BCUT2D eigenvalue weighted by Gasteiger charge is -2.21. The average molecular weight is 1400 g/mol. The summed E-state index contributed by atoms with van der Waals surface area (Å²) in [5.74, 6) is -2.18. The first-order chi connectivity index (χ1) is 46.7. The molecule has 0 aliphatic heterocycles. The summed E-state index contributed by atoms with van der Waals surface area (Å²) < 4.78 is 68.4. The van der Waals surface area contributed by atoms with Crippen LogP contribution in [0, 0.1) is 0 Å². The summed E-state index contributed by atoms with van der Waals surface area (Å²) in [6.07, 6.45) is 67.9. The highest BCUT2D eigenvalue weighted by molar-refractivity contribution is 7.47. The Kier molecular flexibility index (Phi) is 67.8. The van der Waals surface area contributed by atoms with E-state index < -0.39 is 97.5 Å². The number of carbonyl (C=O) groups excluding carboxylic acids is 4. The number of aliphatic hydroxyl groups is 1. The lowest BCUT2D eigenvalue weighted by atomic mass is 10.0. The molecule has 96 heavy (non-hydrogen) atoms. The predicted octanol–water partition coefficient (Wildman–Crippen LogP) is 21.9. The predicted molar refractivity (Wildman–Crippen MR) is 390 cm³/mol. The number of phosphoric ester groups is 2. The summed E-state index contributed by atoms with van der Waals surface area (Å²) in [5.41, 5.74) is 0. The maximum absolute atomic E-state index is 13.1. The molecule has 0 amide bonds. The van der Waals surface area contributed by atoms with Crippen LogP contribution in [0.15, 0.2) is 60.8 Å². The van der Waals surface area contributed by atoms with Crippen molar-refractivity contribution in [3.63, 3.8) is 0 Å². The van der Waals surface area contributed by atoms with Gasteiger partial charge in [-0.3, -0.25) is 37.3 Å². The fourth-order valence-corrected chi connectivity index (χ4v) is 12.2. The molecule has 3 N–H and O–H groups in total. The van der Waals surface area contributed by atoms with Crippen LogP contribution in [-0.2, 0) is 65.4 Å². The molecule has 560 valence electrons. The number of unbranched alkanes of at least 4 members (excludes halogenated alkanes) is 37. The second-order valence-corrected chi connectivity index (χ2v) is 28.8. The van der Waals surface area contributed by atoms with Gasteiger partial charge in [-0.25, -0.2) is 9.13 Å². The Bertz CT molecular complexity index is 2060. The number of hydrogen-bond acceptors (Lipinski definition) is 15. The van der Waals surface area contributed by atoms with Gasteiger partial charge in [-0.1, -0.05) is 313 Å². The third kappa shape index (κ3) is 69.2. The number of phosphoric acid groups is 2. The largest absolute Gasteiger partial charge is 0.472 e. The van der Waals surface area contributed by atoms with Gasteiger partial charge < -0.3 is 33.8 Å². The number of esters is 4. The SMILES string of the molecule is CC/C=C\C/C=C\C/C=C\C/C=C\C/C=C\CCCCCC(=O)OCC(COP(=O)(O)OCC(O)COP(=O)(O)OCC(COC(=O)CCCCCCCCCCCCC)OC(=O)CCCCCCCCCCCCC)OC(=O)CCCCCCCCCCCCCCCCC. The Labute approximate surface area is 584 Å². The van der Waals surface area contributed by atoms with E-state index in [0.717, 1.165) is 122 Å². The molecule has 5 unspecified atom stereocenters. The molecule has 0 spiro atoms. The molecule has 0 bridgehead atoms. The number of ether oxygens (including phenoxy) is 4. The van der Waals surface area contributed by atoms with Crippen molar-refractivity contribution in [2.45, 2.75) is 367 Å². The van der Waals surface area contributed by atoms with E-state index in [2.05, 4.69) is 88.5 Å². The highest BCUT2D eigenvalue weighted by atomic mass is 31.2. The molecule has 0 aromatic heterocycles. The zero-order valence-corrected chi connectivity index (χ0v) is 62.8. The molecule has 19 heteroatoms. The number of allylic oxidation sites excluding steroid dienone is 10. The summed E-state index contributed by atoms with van der Waals surface area (Å²) in [5, 5.41) is 10.6. The lowest BCUT2D eigenvalue weighted by Crippen LogP contribution is -2.30. The van der Waals surface area contributed by atoms with Gasteiger partial charge in [-0.2, -0.15) is 0 Å². The standard InChI is InChI=1S/C77H140O17P2/c1-5-9-13-17-21-25-29-31-33-34-35-36-38-39-43-46-50-54-58-62-75(80)88-68-73(94-77(82)64-60-56-52-48-44-40-37-32-30-26-22-18-14-10-6-2)70-92-96(85,86)90-66-71(78)65-89-95(83,84)91-69-72(93-76(81)63-59-55-51-47-42-28-24-20-16-12-8-4)67-87-74(79)61-57-53-49-45-41-27-23-19-15-11-7-3/h9,13,21,25,31,33,35-36,39,43,71-73,78H,5-8,10-12,14-20,22-24,26-30,32,34,37-38,40-42,44-70H2,1-4H3,(H,83,84)(H,85,86)/b13-9-,25-21-,33-31-,36-35-,43-39-. The maximum atomic E-state index is 13.1. The third-order valence-electron chi connectivity index (χ3n) is 16.5. The zero-order chi connectivity index (χ0) is 70.4. The van der Waals surface area contributed by atoms with Gasteiger partial charge in [0, 0.05) is 25.7 Å². The molecule has 0 heterocycles. The molecule has 0 aliphatic carbocycles. The average Bonchev–Trinajstić information content (AvgIpc) is 1.41. The van der Waals surface area contributed by atoms with Crippen LogP contribution in [0.25, 0.3) is 0 Å². The monoisotopic (exact) mass is 1400 g/mol. The fraction of sp³-hybridized carbons (Fsp3) is 0.818. The second kappa shape index (κ2) is 70.2. The normalized spacial score (nSPS) is 14.3. The van der Waals surface area contributed by atoms with Gasteiger partial charge >= 0.3 is 39.5 Å². The molecular weight excluding hydrogens is 1260 g/mol.